The van der Waals surface area contributed by atoms with Gasteiger partial charge in [0.25, 0.3) is 0 Å². The van der Waals surface area contributed by atoms with Gasteiger partial charge in [-0.1, -0.05) is 19.9 Å². The summed E-state index contributed by atoms with van der Waals surface area (Å²) in [6.45, 7) is 4.24. The molecule has 0 aromatic heterocycles. The van der Waals surface area contributed by atoms with Gasteiger partial charge in [-0.2, -0.15) is 0 Å². The topological polar surface area (TPSA) is 41.5 Å². The molecule has 0 saturated heterocycles. The summed E-state index contributed by atoms with van der Waals surface area (Å²) in [5, 5.41) is 12.3. The molecule has 1 rings (SSSR count). The van der Waals surface area contributed by atoms with E-state index in [-0.39, 0.29) is 24.2 Å². The summed E-state index contributed by atoms with van der Waals surface area (Å²) in [7, 11) is 0. The molecule has 2 N–H and O–H groups in total. The maximum Gasteiger partial charge on any atom is 0.150 e. The SMILES string of the molecule is CCC(CC)Oc1cccc(F)c1NCC(O)CCl. The van der Waals surface area contributed by atoms with Gasteiger partial charge in [0.1, 0.15) is 17.3 Å². The Morgan fingerprint density at radius 2 is 2.05 bits per heavy atom. The van der Waals surface area contributed by atoms with E-state index >= 15 is 0 Å². The molecule has 5 heteroatoms. The number of aliphatic hydroxyl groups is 1. The monoisotopic (exact) mass is 289 g/mol. The Morgan fingerprint density at radius 3 is 2.63 bits per heavy atom. The van der Waals surface area contributed by atoms with Crippen molar-refractivity contribution in [2.24, 2.45) is 0 Å². The first-order chi connectivity index (χ1) is 9.12. The van der Waals surface area contributed by atoms with Crippen LogP contribution in [0, 0.1) is 5.82 Å². The van der Waals surface area contributed by atoms with Crippen LogP contribution in [0.3, 0.4) is 0 Å². The summed E-state index contributed by atoms with van der Waals surface area (Å²) < 4.78 is 19.6. The van der Waals surface area contributed by atoms with Gasteiger partial charge in [-0.25, -0.2) is 4.39 Å². The Kier molecular flexibility index (Phi) is 6.95. The average molecular weight is 290 g/mol. The van der Waals surface area contributed by atoms with Crippen LogP contribution in [0.1, 0.15) is 26.7 Å². The van der Waals surface area contributed by atoms with Gasteiger partial charge in [0.05, 0.1) is 18.1 Å². The summed E-state index contributed by atoms with van der Waals surface area (Å²) in [5.41, 5.74) is 0.276. The summed E-state index contributed by atoms with van der Waals surface area (Å²) in [6, 6.07) is 4.68. The molecule has 1 aromatic rings. The Labute approximate surface area is 118 Å². The van der Waals surface area contributed by atoms with E-state index in [1.807, 2.05) is 13.8 Å². The van der Waals surface area contributed by atoms with Crippen molar-refractivity contribution in [2.75, 3.05) is 17.7 Å². The molecule has 0 aliphatic rings. The van der Waals surface area contributed by atoms with Crippen LogP contribution in [0.4, 0.5) is 10.1 Å². The summed E-state index contributed by atoms with van der Waals surface area (Å²) in [4.78, 5) is 0. The Hall–Kier alpha value is -1.00. The lowest BCUT2D eigenvalue weighted by Crippen LogP contribution is -2.22. The van der Waals surface area contributed by atoms with Gasteiger partial charge in [0.15, 0.2) is 0 Å². The molecule has 1 aromatic carbocycles. The number of alkyl halides is 1. The molecule has 0 saturated carbocycles. The third-order valence-corrected chi connectivity index (χ3v) is 3.23. The van der Waals surface area contributed by atoms with Crippen molar-refractivity contribution in [3.8, 4) is 5.75 Å². The molecule has 0 fully saturated rings. The molecule has 19 heavy (non-hydrogen) atoms. The van der Waals surface area contributed by atoms with Crippen LogP contribution in [0.25, 0.3) is 0 Å². The number of nitrogens with one attached hydrogen (secondary N) is 1. The lowest BCUT2D eigenvalue weighted by molar-refractivity contribution is 0.192. The number of ether oxygens (including phenoxy) is 1. The highest BCUT2D eigenvalue weighted by Crippen LogP contribution is 2.29. The lowest BCUT2D eigenvalue weighted by Gasteiger charge is -2.20. The van der Waals surface area contributed by atoms with Crippen LogP contribution in [-0.4, -0.2) is 29.7 Å². The molecule has 0 amide bonds. The molecular weight excluding hydrogens is 269 g/mol. The van der Waals surface area contributed by atoms with Crippen molar-refractivity contribution in [3.05, 3.63) is 24.0 Å². The van der Waals surface area contributed by atoms with Crippen molar-refractivity contribution >= 4 is 17.3 Å². The van der Waals surface area contributed by atoms with E-state index in [2.05, 4.69) is 5.32 Å². The molecule has 1 atom stereocenters. The van der Waals surface area contributed by atoms with Crippen molar-refractivity contribution < 1.29 is 14.2 Å². The zero-order valence-corrected chi connectivity index (χ0v) is 12.1. The molecule has 3 nitrogen and oxygen atoms in total. The highest BCUT2D eigenvalue weighted by molar-refractivity contribution is 6.18. The summed E-state index contributed by atoms with van der Waals surface area (Å²) in [5.74, 6) is 0.171. The minimum absolute atomic E-state index is 0.0558. The number of para-hydroxylation sites is 1. The molecule has 0 aliphatic carbocycles. The first-order valence-corrected chi connectivity index (χ1v) is 7.08. The normalized spacial score (nSPS) is 12.5. The predicted molar refractivity (Wildman–Crippen MR) is 76.6 cm³/mol. The molecule has 1 unspecified atom stereocenters. The third kappa shape index (κ3) is 4.88. The molecule has 0 spiro atoms. The van der Waals surface area contributed by atoms with E-state index in [4.69, 9.17) is 16.3 Å². The number of halogens is 2. The first kappa shape index (κ1) is 16.1. The zero-order valence-electron chi connectivity index (χ0n) is 11.3. The number of anilines is 1. The third-order valence-electron chi connectivity index (χ3n) is 2.87. The minimum atomic E-state index is -0.720. The van der Waals surface area contributed by atoms with Crippen LogP contribution in [0.5, 0.6) is 5.75 Å². The minimum Gasteiger partial charge on any atom is -0.488 e. The van der Waals surface area contributed by atoms with E-state index in [0.717, 1.165) is 12.8 Å². The Morgan fingerprint density at radius 1 is 1.37 bits per heavy atom. The fourth-order valence-corrected chi connectivity index (χ4v) is 1.79. The fraction of sp³-hybridized carbons (Fsp3) is 0.571. The molecule has 0 bridgehead atoms. The van der Waals surface area contributed by atoms with Crippen LogP contribution in [0.2, 0.25) is 0 Å². The highest BCUT2D eigenvalue weighted by Gasteiger charge is 2.14. The van der Waals surface area contributed by atoms with Gasteiger partial charge < -0.3 is 15.2 Å². The Balaban J connectivity index is 2.82. The number of benzene rings is 1. The largest absolute Gasteiger partial charge is 0.488 e. The van der Waals surface area contributed by atoms with Crippen LogP contribution >= 0.6 is 11.6 Å². The van der Waals surface area contributed by atoms with Crippen LogP contribution < -0.4 is 10.1 Å². The van der Waals surface area contributed by atoms with Gasteiger partial charge in [-0.05, 0) is 25.0 Å². The van der Waals surface area contributed by atoms with E-state index in [9.17, 15) is 9.50 Å². The quantitative estimate of drug-likeness (QED) is 0.721. The maximum atomic E-state index is 13.8. The van der Waals surface area contributed by atoms with Gasteiger partial charge in [0, 0.05) is 6.54 Å². The van der Waals surface area contributed by atoms with Crippen molar-refractivity contribution in [3.63, 3.8) is 0 Å². The fourth-order valence-electron chi connectivity index (χ4n) is 1.68. The van der Waals surface area contributed by atoms with Gasteiger partial charge in [-0.3, -0.25) is 0 Å². The number of hydrogen-bond donors (Lipinski definition) is 2. The van der Waals surface area contributed by atoms with Gasteiger partial charge >= 0.3 is 0 Å². The predicted octanol–water partition coefficient (Wildman–Crippen LogP) is 3.40. The van der Waals surface area contributed by atoms with Crippen molar-refractivity contribution in [1.82, 2.24) is 0 Å². The summed E-state index contributed by atoms with van der Waals surface area (Å²) in [6.07, 6.45) is 1.05. The van der Waals surface area contributed by atoms with Gasteiger partial charge in [0.2, 0.25) is 0 Å². The second-order valence-corrected chi connectivity index (χ2v) is 4.67. The lowest BCUT2D eigenvalue weighted by atomic mass is 10.2. The standard InChI is InChI=1S/C14H21ClFNO2/c1-3-11(4-2)19-13-7-5-6-12(16)14(13)17-9-10(18)8-15/h5-7,10-11,17-18H,3-4,8-9H2,1-2H3. The first-order valence-electron chi connectivity index (χ1n) is 6.55. The van der Waals surface area contributed by atoms with Crippen LogP contribution in [0.15, 0.2) is 18.2 Å². The van der Waals surface area contributed by atoms with E-state index in [0.29, 0.717) is 5.75 Å². The molecule has 0 heterocycles. The second-order valence-electron chi connectivity index (χ2n) is 4.36. The molecule has 0 radical (unpaired) electrons. The number of hydrogen-bond acceptors (Lipinski definition) is 3. The van der Waals surface area contributed by atoms with E-state index < -0.39 is 11.9 Å². The summed E-state index contributed by atoms with van der Waals surface area (Å²) >= 11 is 5.51. The maximum absolute atomic E-state index is 13.8. The van der Waals surface area contributed by atoms with E-state index in [1.165, 1.54) is 6.07 Å². The second kappa shape index (κ2) is 8.23. The zero-order chi connectivity index (χ0) is 14.3. The molecule has 108 valence electrons. The van der Waals surface area contributed by atoms with Crippen molar-refractivity contribution in [1.29, 1.82) is 0 Å². The van der Waals surface area contributed by atoms with Gasteiger partial charge in [-0.15, -0.1) is 11.6 Å². The number of rotatable bonds is 8. The Bertz CT molecular complexity index is 386. The van der Waals surface area contributed by atoms with E-state index in [1.54, 1.807) is 12.1 Å². The average Bonchev–Trinajstić information content (AvgIpc) is 2.43. The van der Waals surface area contributed by atoms with Crippen molar-refractivity contribution in [2.45, 2.75) is 38.9 Å². The highest BCUT2D eigenvalue weighted by atomic mass is 35.5. The smallest absolute Gasteiger partial charge is 0.150 e. The number of aliphatic hydroxyl groups excluding tert-OH is 1. The molecule has 0 aliphatic heterocycles. The molecular formula is C14H21ClFNO2. The van der Waals surface area contributed by atoms with Crippen LogP contribution in [-0.2, 0) is 0 Å².